The van der Waals surface area contributed by atoms with Gasteiger partial charge in [0.2, 0.25) is 5.91 Å². The quantitative estimate of drug-likeness (QED) is 0.825. The molecule has 7 heteroatoms. The van der Waals surface area contributed by atoms with E-state index >= 15 is 0 Å². The second-order valence-corrected chi connectivity index (χ2v) is 7.70. The summed E-state index contributed by atoms with van der Waals surface area (Å²) in [6, 6.07) is 7.95. The van der Waals surface area contributed by atoms with E-state index in [4.69, 9.17) is 9.47 Å². The molecule has 2 rings (SSSR count). The Bertz CT molecular complexity index is 657. The van der Waals surface area contributed by atoms with Crippen LogP contribution < -0.4 is 15.0 Å². The lowest BCUT2D eigenvalue weighted by Gasteiger charge is -2.37. The highest BCUT2D eigenvalue weighted by molar-refractivity contribution is 5.77. The maximum absolute atomic E-state index is 12.3. The number of likely N-dealkylation sites (N-methyl/N-ethyl adjacent to an activating group) is 2. The third-order valence-corrected chi connectivity index (χ3v) is 4.22. The third-order valence-electron chi connectivity index (χ3n) is 4.22. The molecular formula is C20H31N3O4. The molecule has 1 heterocycles. The van der Waals surface area contributed by atoms with Gasteiger partial charge in [-0.2, -0.15) is 0 Å². The van der Waals surface area contributed by atoms with Crippen molar-refractivity contribution in [2.45, 2.75) is 45.8 Å². The summed E-state index contributed by atoms with van der Waals surface area (Å²) in [6.07, 6.45) is -0.382. The van der Waals surface area contributed by atoms with Crippen LogP contribution in [0.25, 0.3) is 0 Å². The first-order valence-corrected chi connectivity index (χ1v) is 9.41. The molecule has 0 aromatic heterocycles. The minimum absolute atomic E-state index is 0.0448. The number of ether oxygens (including phenoxy) is 2. The Morgan fingerprint density at radius 2 is 2.04 bits per heavy atom. The standard InChI is InChI=1S/C20H31N3O4/c1-6-23-14-15(26-17-10-8-7-9-16(17)23)13-22(5)18(24)11-12-21-19(25)27-20(2,3)4/h7-10,15H,6,11-14H2,1-5H3,(H,21,25)/t15-/m1/s1. The minimum atomic E-state index is -0.551. The average molecular weight is 377 g/mol. The number of para-hydroxylation sites is 2. The topological polar surface area (TPSA) is 71.1 Å². The molecule has 0 unspecified atom stereocenters. The van der Waals surface area contributed by atoms with E-state index in [1.807, 2.05) is 24.3 Å². The summed E-state index contributed by atoms with van der Waals surface area (Å²) in [5.74, 6) is 0.805. The fourth-order valence-electron chi connectivity index (χ4n) is 2.96. The fourth-order valence-corrected chi connectivity index (χ4v) is 2.96. The molecule has 1 aromatic carbocycles. The van der Waals surface area contributed by atoms with Gasteiger partial charge in [-0.1, -0.05) is 12.1 Å². The summed E-state index contributed by atoms with van der Waals surface area (Å²) >= 11 is 0. The largest absolute Gasteiger partial charge is 0.485 e. The fraction of sp³-hybridized carbons (Fsp3) is 0.600. The van der Waals surface area contributed by atoms with Gasteiger partial charge in [0.1, 0.15) is 17.5 Å². The first-order valence-electron chi connectivity index (χ1n) is 9.41. The molecular weight excluding hydrogens is 346 g/mol. The van der Waals surface area contributed by atoms with Crippen molar-refractivity contribution in [2.75, 3.05) is 38.1 Å². The van der Waals surface area contributed by atoms with E-state index in [0.29, 0.717) is 6.54 Å². The summed E-state index contributed by atoms with van der Waals surface area (Å²) < 4.78 is 11.2. The Balaban J connectivity index is 1.80. The van der Waals surface area contributed by atoms with Gasteiger partial charge in [0.05, 0.1) is 18.8 Å². The van der Waals surface area contributed by atoms with Crippen molar-refractivity contribution in [3.05, 3.63) is 24.3 Å². The van der Waals surface area contributed by atoms with Gasteiger partial charge in [-0.15, -0.1) is 0 Å². The summed E-state index contributed by atoms with van der Waals surface area (Å²) in [4.78, 5) is 27.9. The predicted octanol–water partition coefficient (Wildman–Crippen LogP) is 2.65. The lowest BCUT2D eigenvalue weighted by molar-refractivity contribution is -0.130. The highest BCUT2D eigenvalue weighted by atomic mass is 16.6. The van der Waals surface area contributed by atoms with Crippen molar-refractivity contribution in [3.63, 3.8) is 0 Å². The average Bonchev–Trinajstić information content (AvgIpc) is 2.59. The molecule has 0 aliphatic carbocycles. The number of nitrogens with zero attached hydrogens (tertiary/aromatic N) is 2. The Labute approximate surface area is 161 Å². The van der Waals surface area contributed by atoms with E-state index in [1.54, 1.807) is 32.7 Å². The number of hydrogen-bond donors (Lipinski definition) is 1. The van der Waals surface area contributed by atoms with Crippen LogP contribution in [0.15, 0.2) is 24.3 Å². The third kappa shape index (κ3) is 6.34. The van der Waals surface area contributed by atoms with Crippen LogP contribution >= 0.6 is 0 Å². The van der Waals surface area contributed by atoms with Gasteiger partial charge >= 0.3 is 6.09 Å². The van der Waals surface area contributed by atoms with Crippen LogP contribution in [0.3, 0.4) is 0 Å². The first-order chi connectivity index (χ1) is 12.7. The van der Waals surface area contributed by atoms with Crippen LogP contribution in [0.2, 0.25) is 0 Å². The van der Waals surface area contributed by atoms with Gasteiger partial charge in [0, 0.05) is 26.6 Å². The first kappa shape index (κ1) is 20.9. The number of amides is 2. The number of nitrogens with one attached hydrogen (secondary N) is 1. The minimum Gasteiger partial charge on any atom is -0.485 e. The number of benzene rings is 1. The SMILES string of the molecule is CCN1C[C@@H](CN(C)C(=O)CCNC(=O)OC(C)(C)C)Oc2ccccc21. The molecule has 27 heavy (non-hydrogen) atoms. The smallest absolute Gasteiger partial charge is 0.407 e. The van der Waals surface area contributed by atoms with Crippen LogP contribution in [0, 0.1) is 0 Å². The molecule has 1 aliphatic rings. The van der Waals surface area contributed by atoms with E-state index in [-0.39, 0.29) is 25.0 Å². The number of carbonyl (C=O) groups is 2. The van der Waals surface area contributed by atoms with Gasteiger partial charge in [-0.25, -0.2) is 4.79 Å². The number of rotatable bonds is 6. The van der Waals surface area contributed by atoms with E-state index < -0.39 is 11.7 Å². The molecule has 0 bridgehead atoms. The highest BCUT2D eigenvalue weighted by Gasteiger charge is 2.26. The summed E-state index contributed by atoms with van der Waals surface area (Å²) in [7, 11) is 1.76. The van der Waals surface area contributed by atoms with Gasteiger partial charge in [0.15, 0.2) is 0 Å². The Hall–Kier alpha value is -2.44. The van der Waals surface area contributed by atoms with Crippen LogP contribution in [0.4, 0.5) is 10.5 Å². The number of hydrogen-bond acceptors (Lipinski definition) is 5. The zero-order valence-corrected chi connectivity index (χ0v) is 16.9. The van der Waals surface area contributed by atoms with Gasteiger partial charge in [-0.05, 0) is 39.8 Å². The normalized spacial score (nSPS) is 16.2. The summed E-state index contributed by atoms with van der Waals surface area (Å²) in [5.41, 5.74) is 0.539. The molecule has 150 valence electrons. The van der Waals surface area contributed by atoms with Crippen LogP contribution in [0.5, 0.6) is 5.75 Å². The maximum atomic E-state index is 12.3. The molecule has 0 saturated heterocycles. The molecule has 1 atom stereocenters. The van der Waals surface area contributed by atoms with E-state index in [0.717, 1.165) is 24.5 Å². The van der Waals surface area contributed by atoms with Crippen LogP contribution in [0.1, 0.15) is 34.1 Å². The monoisotopic (exact) mass is 377 g/mol. The number of carbonyl (C=O) groups excluding carboxylic acids is 2. The second-order valence-electron chi connectivity index (χ2n) is 7.70. The van der Waals surface area contributed by atoms with Crippen molar-refractivity contribution in [2.24, 2.45) is 0 Å². The predicted molar refractivity (Wildman–Crippen MR) is 105 cm³/mol. The van der Waals surface area contributed by atoms with E-state index in [1.165, 1.54) is 0 Å². The van der Waals surface area contributed by atoms with E-state index in [9.17, 15) is 9.59 Å². The Kier molecular flexibility index (Phi) is 6.93. The van der Waals surface area contributed by atoms with Crippen molar-refractivity contribution in [1.29, 1.82) is 0 Å². The molecule has 1 aliphatic heterocycles. The van der Waals surface area contributed by atoms with Crippen molar-refractivity contribution >= 4 is 17.7 Å². The Morgan fingerprint density at radius 1 is 1.33 bits per heavy atom. The summed E-state index contributed by atoms with van der Waals surface area (Å²) in [6.45, 7) is 9.86. The zero-order chi connectivity index (χ0) is 20.0. The van der Waals surface area contributed by atoms with Crippen molar-refractivity contribution < 1.29 is 19.1 Å². The lowest BCUT2D eigenvalue weighted by atomic mass is 10.1. The zero-order valence-electron chi connectivity index (χ0n) is 16.9. The van der Waals surface area contributed by atoms with E-state index in [2.05, 4.69) is 17.1 Å². The van der Waals surface area contributed by atoms with Gasteiger partial charge < -0.3 is 24.6 Å². The molecule has 0 saturated carbocycles. The molecule has 1 aromatic rings. The molecule has 2 amide bonds. The molecule has 0 spiro atoms. The number of anilines is 1. The van der Waals surface area contributed by atoms with Crippen molar-refractivity contribution in [1.82, 2.24) is 10.2 Å². The Morgan fingerprint density at radius 3 is 2.70 bits per heavy atom. The maximum Gasteiger partial charge on any atom is 0.407 e. The highest BCUT2D eigenvalue weighted by Crippen LogP contribution is 2.32. The molecule has 7 nitrogen and oxygen atoms in total. The molecule has 1 N–H and O–H groups in total. The van der Waals surface area contributed by atoms with Crippen LogP contribution in [-0.4, -0.2) is 61.8 Å². The number of fused-ring (bicyclic) bond motifs is 1. The van der Waals surface area contributed by atoms with Crippen LogP contribution in [-0.2, 0) is 9.53 Å². The van der Waals surface area contributed by atoms with Gasteiger partial charge in [-0.3, -0.25) is 4.79 Å². The second kappa shape index (κ2) is 8.97. The molecule has 0 fully saturated rings. The lowest BCUT2D eigenvalue weighted by Crippen LogP contribution is -2.47. The number of alkyl carbamates (subject to hydrolysis) is 1. The van der Waals surface area contributed by atoms with Crippen molar-refractivity contribution in [3.8, 4) is 5.75 Å². The summed E-state index contributed by atoms with van der Waals surface area (Å²) in [5, 5.41) is 2.61. The van der Waals surface area contributed by atoms with Gasteiger partial charge in [0.25, 0.3) is 0 Å². The molecule has 0 radical (unpaired) electrons.